The lowest BCUT2D eigenvalue weighted by Gasteiger charge is -2.01. The van der Waals surface area contributed by atoms with Crippen LogP contribution in [-0.4, -0.2) is 5.78 Å². The van der Waals surface area contributed by atoms with Crippen LogP contribution < -0.4 is 0 Å². The fourth-order valence-corrected chi connectivity index (χ4v) is 2.24. The average molecular weight is 234 g/mol. The van der Waals surface area contributed by atoms with Crippen LogP contribution in [0.15, 0.2) is 23.8 Å². The number of ketones is 1. The molecule has 0 fully saturated rings. The van der Waals surface area contributed by atoms with Crippen LogP contribution in [0.4, 0.5) is 0 Å². The van der Waals surface area contributed by atoms with E-state index in [2.05, 4.69) is 19.1 Å². The van der Waals surface area contributed by atoms with Crippen LogP contribution in [0.25, 0.3) is 0 Å². The molecule has 0 amide bonds. The number of allylic oxidation sites excluding steroid dienone is 4. The zero-order valence-electron chi connectivity index (χ0n) is 11.2. The van der Waals surface area contributed by atoms with E-state index in [1.165, 1.54) is 50.5 Å². The van der Waals surface area contributed by atoms with Crippen molar-refractivity contribution in [3.05, 3.63) is 23.8 Å². The van der Waals surface area contributed by atoms with Crippen molar-refractivity contribution >= 4 is 5.78 Å². The zero-order chi connectivity index (χ0) is 12.3. The molecule has 0 aromatic carbocycles. The molecule has 0 saturated heterocycles. The molecule has 0 bridgehead atoms. The van der Waals surface area contributed by atoms with Gasteiger partial charge in [0.2, 0.25) is 0 Å². The summed E-state index contributed by atoms with van der Waals surface area (Å²) in [6.45, 7) is 2.09. The zero-order valence-corrected chi connectivity index (χ0v) is 11.2. The standard InChI is InChI=1S/C16H26O/c1-15-12-10-8-6-4-2-3-5-7-9-11-13-16(17)14-15/h2-3,14H,4-13H2,1H3/b3-2-,15-14+. The highest BCUT2D eigenvalue weighted by Crippen LogP contribution is 2.12. The van der Waals surface area contributed by atoms with Crippen molar-refractivity contribution in [3.8, 4) is 0 Å². The van der Waals surface area contributed by atoms with Gasteiger partial charge in [0.1, 0.15) is 0 Å². The largest absolute Gasteiger partial charge is 0.295 e. The molecule has 0 spiro atoms. The third-order valence-corrected chi connectivity index (χ3v) is 3.31. The van der Waals surface area contributed by atoms with Crippen LogP contribution in [-0.2, 0) is 4.79 Å². The van der Waals surface area contributed by atoms with E-state index >= 15 is 0 Å². The van der Waals surface area contributed by atoms with Gasteiger partial charge in [0.25, 0.3) is 0 Å². The van der Waals surface area contributed by atoms with Gasteiger partial charge < -0.3 is 0 Å². The fourth-order valence-electron chi connectivity index (χ4n) is 2.24. The maximum atomic E-state index is 11.6. The molecule has 1 nitrogen and oxygen atoms in total. The minimum absolute atomic E-state index is 0.327. The molecule has 0 aromatic heterocycles. The molecule has 0 atom stereocenters. The second-order valence-electron chi connectivity index (χ2n) is 5.13. The van der Waals surface area contributed by atoms with Crippen molar-refractivity contribution < 1.29 is 4.79 Å². The molecule has 1 aliphatic rings. The molecule has 0 heterocycles. The van der Waals surface area contributed by atoms with Gasteiger partial charge in [-0.2, -0.15) is 0 Å². The van der Waals surface area contributed by atoms with Crippen LogP contribution >= 0.6 is 0 Å². The first-order valence-electron chi connectivity index (χ1n) is 7.14. The van der Waals surface area contributed by atoms with Crippen molar-refractivity contribution in [2.45, 2.75) is 71.1 Å². The molecule has 17 heavy (non-hydrogen) atoms. The highest BCUT2D eigenvalue weighted by molar-refractivity contribution is 5.90. The van der Waals surface area contributed by atoms with Crippen molar-refractivity contribution in [1.82, 2.24) is 0 Å². The summed E-state index contributed by atoms with van der Waals surface area (Å²) in [4.78, 5) is 11.6. The highest BCUT2D eigenvalue weighted by Gasteiger charge is 2.00. The minimum Gasteiger partial charge on any atom is -0.295 e. The Morgan fingerprint density at radius 3 is 2.06 bits per heavy atom. The Bertz CT molecular complexity index is 273. The maximum absolute atomic E-state index is 11.6. The summed E-state index contributed by atoms with van der Waals surface area (Å²) in [7, 11) is 0. The molecule has 0 aromatic rings. The molecule has 0 saturated carbocycles. The van der Waals surface area contributed by atoms with Crippen molar-refractivity contribution in [2.75, 3.05) is 0 Å². The van der Waals surface area contributed by atoms with Crippen LogP contribution in [0.1, 0.15) is 71.1 Å². The summed E-state index contributed by atoms with van der Waals surface area (Å²) in [5.41, 5.74) is 1.26. The topological polar surface area (TPSA) is 17.1 Å². The summed E-state index contributed by atoms with van der Waals surface area (Å²) in [5.74, 6) is 0.327. The lowest BCUT2D eigenvalue weighted by Crippen LogP contribution is -1.94. The van der Waals surface area contributed by atoms with Crippen molar-refractivity contribution in [2.24, 2.45) is 0 Å². The first kappa shape index (κ1) is 14.2. The van der Waals surface area contributed by atoms with Gasteiger partial charge in [0.15, 0.2) is 5.78 Å². The number of rotatable bonds is 0. The minimum atomic E-state index is 0.327. The molecule has 1 heteroatoms. The quantitative estimate of drug-likeness (QED) is 0.541. The first-order chi connectivity index (χ1) is 8.29. The molecule has 1 aliphatic carbocycles. The molecule has 0 radical (unpaired) electrons. The number of hydrogen-bond donors (Lipinski definition) is 0. The lowest BCUT2D eigenvalue weighted by molar-refractivity contribution is -0.114. The van der Waals surface area contributed by atoms with E-state index in [1.54, 1.807) is 0 Å². The van der Waals surface area contributed by atoms with Gasteiger partial charge in [-0.15, -0.1) is 0 Å². The van der Waals surface area contributed by atoms with Crippen LogP contribution in [0.3, 0.4) is 0 Å². The van der Waals surface area contributed by atoms with Gasteiger partial charge in [-0.25, -0.2) is 0 Å². The Balaban J connectivity index is 2.39. The fraction of sp³-hybridized carbons (Fsp3) is 0.688. The van der Waals surface area contributed by atoms with Gasteiger partial charge in [-0.05, 0) is 57.9 Å². The molecule has 0 N–H and O–H groups in total. The summed E-state index contributed by atoms with van der Waals surface area (Å²) in [6, 6.07) is 0. The molecule has 1 rings (SSSR count). The summed E-state index contributed by atoms with van der Waals surface area (Å²) < 4.78 is 0. The Labute approximate surface area is 106 Å². The first-order valence-corrected chi connectivity index (χ1v) is 7.14. The average Bonchev–Trinajstić information content (AvgIpc) is 2.30. The van der Waals surface area contributed by atoms with E-state index in [0.29, 0.717) is 5.78 Å². The normalized spacial score (nSPS) is 26.4. The monoisotopic (exact) mass is 234 g/mol. The van der Waals surface area contributed by atoms with Crippen LogP contribution in [0, 0.1) is 0 Å². The molecular formula is C16H26O. The smallest absolute Gasteiger partial charge is 0.155 e. The second-order valence-corrected chi connectivity index (χ2v) is 5.13. The Morgan fingerprint density at radius 1 is 0.824 bits per heavy atom. The molecule has 0 aliphatic heterocycles. The van der Waals surface area contributed by atoms with Crippen LogP contribution in [0.2, 0.25) is 0 Å². The summed E-state index contributed by atoms with van der Waals surface area (Å²) in [6.07, 6.45) is 18.0. The summed E-state index contributed by atoms with van der Waals surface area (Å²) in [5, 5.41) is 0. The van der Waals surface area contributed by atoms with Crippen molar-refractivity contribution in [3.63, 3.8) is 0 Å². The van der Waals surface area contributed by atoms with Gasteiger partial charge in [-0.3, -0.25) is 4.79 Å². The van der Waals surface area contributed by atoms with E-state index in [1.807, 2.05) is 6.08 Å². The molecule has 0 unspecified atom stereocenters. The van der Waals surface area contributed by atoms with E-state index in [-0.39, 0.29) is 0 Å². The van der Waals surface area contributed by atoms with Gasteiger partial charge >= 0.3 is 0 Å². The highest BCUT2D eigenvalue weighted by atomic mass is 16.1. The Hall–Kier alpha value is -0.850. The SMILES string of the molecule is C/C1=C\C(=O)CCCCC/C=C\CCCCC1. The summed E-state index contributed by atoms with van der Waals surface area (Å²) >= 11 is 0. The number of hydrogen-bond acceptors (Lipinski definition) is 1. The van der Waals surface area contributed by atoms with E-state index in [9.17, 15) is 4.79 Å². The van der Waals surface area contributed by atoms with Gasteiger partial charge in [0, 0.05) is 6.42 Å². The molecular weight excluding hydrogens is 208 g/mol. The lowest BCUT2D eigenvalue weighted by atomic mass is 10.0. The predicted octanol–water partition coefficient (Wildman–Crippen LogP) is 4.97. The van der Waals surface area contributed by atoms with Gasteiger partial charge in [-0.1, -0.05) is 30.6 Å². The molecule has 96 valence electrons. The predicted molar refractivity (Wildman–Crippen MR) is 74.1 cm³/mol. The third kappa shape index (κ3) is 7.95. The van der Waals surface area contributed by atoms with E-state index in [0.717, 1.165) is 19.3 Å². The van der Waals surface area contributed by atoms with Gasteiger partial charge in [0.05, 0.1) is 0 Å². The number of carbonyl (C=O) groups excluding carboxylic acids is 1. The van der Waals surface area contributed by atoms with Crippen molar-refractivity contribution in [1.29, 1.82) is 0 Å². The Morgan fingerprint density at radius 2 is 1.41 bits per heavy atom. The van der Waals surface area contributed by atoms with E-state index in [4.69, 9.17) is 0 Å². The van der Waals surface area contributed by atoms with E-state index < -0.39 is 0 Å². The third-order valence-electron chi connectivity index (χ3n) is 3.31. The maximum Gasteiger partial charge on any atom is 0.155 e. The Kier molecular flexibility index (Phi) is 7.70. The number of carbonyl (C=O) groups is 1. The van der Waals surface area contributed by atoms with Crippen LogP contribution in [0.5, 0.6) is 0 Å². The second kappa shape index (κ2) is 9.21.